The molecule has 24 heavy (non-hydrogen) atoms. The van der Waals surface area contributed by atoms with Crippen LogP contribution in [-0.2, 0) is 19.9 Å². The zero-order valence-electron chi connectivity index (χ0n) is 13.1. The van der Waals surface area contributed by atoms with Crippen molar-refractivity contribution in [2.24, 2.45) is 7.05 Å². The second-order valence-electron chi connectivity index (χ2n) is 6.09. The molecule has 0 fully saturated rings. The summed E-state index contributed by atoms with van der Waals surface area (Å²) in [6.45, 7) is 0. The molecule has 3 aromatic rings. The van der Waals surface area contributed by atoms with Crippen LogP contribution in [0.1, 0.15) is 27.9 Å². The summed E-state index contributed by atoms with van der Waals surface area (Å²) in [5.74, 6) is -1.84. The van der Waals surface area contributed by atoms with Crippen molar-refractivity contribution in [1.29, 1.82) is 0 Å². The van der Waals surface area contributed by atoms with E-state index in [0.29, 0.717) is 17.7 Å². The number of nitrogens with one attached hydrogen (secondary N) is 1. The number of H-pyrrole nitrogens is 1. The highest BCUT2D eigenvalue weighted by atomic mass is 16.4. The van der Waals surface area contributed by atoms with Gasteiger partial charge in [-0.05, 0) is 30.9 Å². The summed E-state index contributed by atoms with van der Waals surface area (Å²) < 4.78 is 1.99. The lowest BCUT2D eigenvalue weighted by atomic mass is 10.0. The third kappa shape index (κ3) is 1.83. The molecule has 1 aliphatic carbocycles. The average molecular weight is 324 g/mol. The first-order valence-electron chi connectivity index (χ1n) is 7.78. The minimum absolute atomic E-state index is 0.417. The van der Waals surface area contributed by atoms with Crippen molar-refractivity contribution in [3.8, 4) is 17.1 Å². The number of rotatable bonds is 1. The van der Waals surface area contributed by atoms with Crippen LogP contribution < -0.4 is 5.56 Å². The van der Waals surface area contributed by atoms with Crippen molar-refractivity contribution in [3.05, 3.63) is 51.3 Å². The van der Waals surface area contributed by atoms with Gasteiger partial charge in [0, 0.05) is 23.5 Å². The minimum atomic E-state index is -1.42. The van der Waals surface area contributed by atoms with E-state index in [1.807, 2.05) is 35.9 Å². The van der Waals surface area contributed by atoms with Crippen LogP contribution in [0, 0.1) is 0 Å². The zero-order valence-corrected chi connectivity index (χ0v) is 13.1. The molecule has 0 unspecified atom stereocenters. The predicted molar refractivity (Wildman–Crippen MR) is 89.6 cm³/mol. The number of aromatic carboxylic acids is 1. The van der Waals surface area contributed by atoms with Gasteiger partial charge in [-0.3, -0.25) is 4.79 Å². The fourth-order valence-electron chi connectivity index (χ4n) is 3.76. The molecule has 4 rings (SSSR count). The van der Waals surface area contributed by atoms with Crippen LogP contribution in [0.15, 0.2) is 29.1 Å². The van der Waals surface area contributed by atoms with Gasteiger partial charge in [0.15, 0.2) is 5.56 Å². The van der Waals surface area contributed by atoms with Gasteiger partial charge >= 0.3 is 5.97 Å². The van der Waals surface area contributed by atoms with Crippen molar-refractivity contribution in [3.63, 3.8) is 0 Å². The molecule has 1 aromatic carbocycles. The Kier molecular flexibility index (Phi) is 3.03. The van der Waals surface area contributed by atoms with E-state index in [1.54, 1.807) is 0 Å². The van der Waals surface area contributed by atoms with Crippen LogP contribution in [0.4, 0.5) is 0 Å². The summed E-state index contributed by atoms with van der Waals surface area (Å²) in [7, 11) is 1.91. The van der Waals surface area contributed by atoms with E-state index in [2.05, 4.69) is 4.98 Å². The molecular weight excluding hydrogens is 308 g/mol. The van der Waals surface area contributed by atoms with Gasteiger partial charge in [0.25, 0.3) is 5.56 Å². The Balaban J connectivity index is 2.14. The number of carboxylic acids is 1. The summed E-state index contributed by atoms with van der Waals surface area (Å²) >= 11 is 0. The van der Waals surface area contributed by atoms with Gasteiger partial charge in [-0.2, -0.15) is 0 Å². The molecule has 0 spiro atoms. The number of hydrogen-bond donors (Lipinski definition) is 3. The number of aromatic nitrogens is 2. The van der Waals surface area contributed by atoms with Gasteiger partial charge in [-0.15, -0.1) is 0 Å². The number of aromatic amines is 1. The van der Waals surface area contributed by atoms with Gasteiger partial charge in [0.1, 0.15) is 5.75 Å². The maximum atomic E-state index is 12.2. The molecule has 0 saturated carbocycles. The molecule has 3 N–H and O–H groups in total. The molecular formula is C18H16N2O4. The number of fused-ring (bicyclic) bond motifs is 5. The highest BCUT2D eigenvalue weighted by molar-refractivity contribution is 5.95. The van der Waals surface area contributed by atoms with E-state index in [1.165, 1.54) is 0 Å². The Bertz CT molecular complexity index is 1060. The number of carbonyl (C=O) groups is 1. The van der Waals surface area contributed by atoms with Crippen LogP contribution in [0.25, 0.3) is 22.3 Å². The molecule has 6 heteroatoms. The molecule has 6 nitrogen and oxygen atoms in total. The number of aromatic hydroxyl groups is 1. The quantitative estimate of drug-likeness (QED) is 0.640. The normalized spacial score (nSPS) is 13.4. The van der Waals surface area contributed by atoms with E-state index in [4.69, 9.17) is 0 Å². The average Bonchev–Trinajstić information content (AvgIpc) is 2.70. The molecule has 0 amide bonds. The van der Waals surface area contributed by atoms with Gasteiger partial charge in [-0.25, -0.2) is 4.79 Å². The Hall–Kier alpha value is -3.02. The monoisotopic (exact) mass is 324 g/mol. The first kappa shape index (κ1) is 14.6. The molecule has 0 aliphatic heterocycles. The smallest absolute Gasteiger partial charge is 0.345 e. The summed E-state index contributed by atoms with van der Waals surface area (Å²) in [4.78, 5) is 26.2. The van der Waals surface area contributed by atoms with Crippen LogP contribution in [0.5, 0.6) is 5.75 Å². The topological polar surface area (TPSA) is 95.3 Å². The lowest BCUT2D eigenvalue weighted by Gasteiger charge is -2.12. The summed E-state index contributed by atoms with van der Waals surface area (Å²) in [5.41, 5.74) is 2.65. The van der Waals surface area contributed by atoms with E-state index < -0.39 is 22.8 Å². The number of carboxylic acid groups (broad SMARTS) is 1. The van der Waals surface area contributed by atoms with Gasteiger partial charge in [0.2, 0.25) is 0 Å². The molecule has 1 aliphatic rings. The SMILES string of the molecule is Cn1c2c(c3ccccc31)CCCc1c-2[nH]c(=O)c(C(=O)O)c1O. The van der Waals surface area contributed by atoms with E-state index in [9.17, 15) is 19.8 Å². The number of pyridine rings is 1. The van der Waals surface area contributed by atoms with Gasteiger partial charge in [-0.1, -0.05) is 18.2 Å². The van der Waals surface area contributed by atoms with Crippen LogP contribution in [0.2, 0.25) is 0 Å². The standard InChI is InChI=1S/C18H16N2O4/c1-20-12-8-3-2-5-9(12)10-6-4-7-11-14(15(10)20)19-17(22)13(16(11)21)18(23)24/h2-3,5,8H,4,6-7H2,1H3,(H,23,24)(H2,19,21,22). The fraction of sp³-hybridized carbons (Fsp3) is 0.222. The first-order valence-corrected chi connectivity index (χ1v) is 7.78. The Morgan fingerprint density at radius 2 is 1.92 bits per heavy atom. The molecule has 122 valence electrons. The number of para-hydroxylation sites is 1. The van der Waals surface area contributed by atoms with Crippen LogP contribution >= 0.6 is 0 Å². The van der Waals surface area contributed by atoms with Crippen molar-refractivity contribution in [1.82, 2.24) is 9.55 Å². The Labute approximate surface area is 137 Å². The molecule has 2 aromatic heterocycles. The van der Waals surface area contributed by atoms with E-state index in [-0.39, 0.29) is 0 Å². The fourth-order valence-corrected chi connectivity index (χ4v) is 3.76. The number of benzene rings is 1. The van der Waals surface area contributed by atoms with E-state index in [0.717, 1.165) is 35.0 Å². The minimum Gasteiger partial charge on any atom is -0.506 e. The molecule has 0 bridgehead atoms. The molecule has 0 saturated heterocycles. The van der Waals surface area contributed by atoms with Crippen LogP contribution in [-0.4, -0.2) is 25.7 Å². The highest BCUT2D eigenvalue weighted by Crippen LogP contribution is 2.40. The van der Waals surface area contributed by atoms with Crippen LogP contribution in [0.3, 0.4) is 0 Å². The Morgan fingerprint density at radius 3 is 2.67 bits per heavy atom. The van der Waals surface area contributed by atoms with Gasteiger partial charge < -0.3 is 19.8 Å². The molecule has 0 radical (unpaired) electrons. The predicted octanol–water partition coefficient (Wildman–Crippen LogP) is 2.43. The maximum absolute atomic E-state index is 12.2. The zero-order chi connectivity index (χ0) is 17.0. The van der Waals surface area contributed by atoms with Crippen molar-refractivity contribution in [2.75, 3.05) is 0 Å². The maximum Gasteiger partial charge on any atom is 0.345 e. The third-order valence-corrected chi connectivity index (χ3v) is 4.81. The lowest BCUT2D eigenvalue weighted by molar-refractivity contribution is 0.0691. The summed E-state index contributed by atoms with van der Waals surface area (Å²) in [5, 5.41) is 20.7. The third-order valence-electron chi connectivity index (χ3n) is 4.81. The summed E-state index contributed by atoms with van der Waals surface area (Å²) in [6.07, 6.45) is 2.09. The first-order chi connectivity index (χ1) is 11.5. The number of aryl methyl sites for hydroxylation is 2. The largest absolute Gasteiger partial charge is 0.506 e. The lowest BCUT2D eigenvalue weighted by Crippen LogP contribution is -2.20. The number of hydrogen-bond acceptors (Lipinski definition) is 3. The molecule has 2 heterocycles. The number of nitrogens with zero attached hydrogens (tertiary/aromatic N) is 1. The van der Waals surface area contributed by atoms with Crippen molar-refractivity contribution < 1.29 is 15.0 Å². The Morgan fingerprint density at radius 1 is 1.21 bits per heavy atom. The molecule has 0 atom stereocenters. The highest BCUT2D eigenvalue weighted by Gasteiger charge is 2.28. The summed E-state index contributed by atoms with van der Waals surface area (Å²) in [6, 6.07) is 7.98. The van der Waals surface area contributed by atoms with Crippen molar-refractivity contribution >= 4 is 16.9 Å². The van der Waals surface area contributed by atoms with E-state index >= 15 is 0 Å². The second-order valence-corrected chi connectivity index (χ2v) is 6.09. The second kappa shape index (κ2) is 4.99. The van der Waals surface area contributed by atoms with Gasteiger partial charge in [0.05, 0.1) is 11.4 Å². The van der Waals surface area contributed by atoms with Crippen molar-refractivity contribution in [2.45, 2.75) is 19.3 Å².